The second kappa shape index (κ2) is 4.23. The molecule has 2 amide bonds. The molecule has 1 atom stereocenters. The molecule has 5 nitrogen and oxygen atoms in total. The maximum atomic E-state index is 11.3. The minimum Gasteiger partial charge on any atom is -0.368 e. The Kier molecular flexibility index (Phi) is 3.25. The van der Waals surface area contributed by atoms with Crippen LogP contribution in [0.4, 0.5) is 0 Å². The molecule has 1 unspecified atom stereocenters. The fourth-order valence-corrected chi connectivity index (χ4v) is 1.52. The minimum atomic E-state index is -0.467. The lowest BCUT2D eigenvalue weighted by Gasteiger charge is -2.30. The molecule has 0 aromatic rings. The van der Waals surface area contributed by atoms with E-state index in [1.54, 1.807) is 0 Å². The van der Waals surface area contributed by atoms with Crippen molar-refractivity contribution in [3.05, 3.63) is 0 Å². The third-order valence-electron chi connectivity index (χ3n) is 2.28. The number of nitrogens with zero attached hydrogens (tertiary/aromatic N) is 1. The van der Waals surface area contributed by atoms with Crippen molar-refractivity contribution in [2.75, 3.05) is 19.6 Å². The Morgan fingerprint density at radius 1 is 1.62 bits per heavy atom. The van der Waals surface area contributed by atoms with Crippen LogP contribution >= 0.6 is 0 Å². The van der Waals surface area contributed by atoms with Crippen LogP contribution < -0.4 is 11.5 Å². The zero-order valence-corrected chi connectivity index (χ0v) is 7.53. The molecule has 0 aromatic heterocycles. The summed E-state index contributed by atoms with van der Waals surface area (Å²) in [7, 11) is 0. The van der Waals surface area contributed by atoms with Gasteiger partial charge in [0.15, 0.2) is 0 Å². The lowest BCUT2D eigenvalue weighted by atomic mass is 9.98. The maximum absolute atomic E-state index is 11.3. The summed E-state index contributed by atoms with van der Waals surface area (Å²) in [5, 5.41) is 0. The molecule has 0 aromatic carbocycles. The van der Waals surface area contributed by atoms with Crippen molar-refractivity contribution in [2.45, 2.75) is 12.8 Å². The molecule has 13 heavy (non-hydrogen) atoms. The minimum absolute atomic E-state index is 0.00324. The molecule has 5 heteroatoms. The molecule has 0 saturated carbocycles. The van der Waals surface area contributed by atoms with Crippen LogP contribution in [0.25, 0.3) is 0 Å². The molecule has 0 radical (unpaired) electrons. The second-order valence-electron chi connectivity index (χ2n) is 3.38. The largest absolute Gasteiger partial charge is 0.368 e. The van der Waals surface area contributed by atoms with Gasteiger partial charge in [0.25, 0.3) is 0 Å². The van der Waals surface area contributed by atoms with Crippen molar-refractivity contribution in [3.8, 4) is 0 Å². The van der Waals surface area contributed by atoms with E-state index in [-0.39, 0.29) is 12.5 Å². The van der Waals surface area contributed by atoms with Gasteiger partial charge < -0.3 is 16.4 Å². The molecule has 1 heterocycles. The summed E-state index contributed by atoms with van der Waals surface area (Å²) in [5.74, 6) is -0.147. The van der Waals surface area contributed by atoms with Crippen LogP contribution in [-0.4, -0.2) is 36.3 Å². The van der Waals surface area contributed by atoms with Gasteiger partial charge in [-0.05, 0) is 18.9 Å². The van der Waals surface area contributed by atoms with E-state index in [2.05, 4.69) is 0 Å². The standard InChI is InChI=1S/C8H15N3O2/c9-3-6-1-2-8(13)11(4-6)5-7(10)12/h6H,1-5,9H2,(H2,10,12). The first-order valence-electron chi connectivity index (χ1n) is 4.39. The molecule has 1 fully saturated rings. The lowest BCUT2D eigenvalue weighted by molar-refractivity contribution is -0.138. The number of hydrogen-bond acceptors (Lipinski definition) is 3. The number of amides is 2. The number of piperidine rings is 1. The van der Waals surface area contributed by atoms with E-state index >= 15 is 0 Å². The summed E-state index contributed by atoms with van der Waals surface area (Å²) in [6.07, 6.45) is 1.31. The van der Waals surface area contributed by atoms with Crippen LogP contribution in [0.15, 0.2) is 0 Å². The van der Waals surface area contributed by atoms with Gasteiger partial charge in [-0.3, -0.25) is 9.59 Å². The highest BCUT2D eigenvalue weighted by atomic mass is 16.2. The van der Waals surface area contributed by atoms with Gasteiger partial charge in [0.1, 0.15) is 0 Å². The zero-order chi connectivity index (χ0) is 9.84. The first kappa shape index (κ1) is 9.98. The van der Waals surface area contributed by atoms with Crippen molar-refractivity contribution < 1.29 is 9.59 Å². The number of hydrogen-bond donors (Lipinski definition) is 2. The fourth-order valence-electron chi connectivity index (χ4n) is 1.52. The van der Waals surface area contributed by atoms with Gasteiger partial charge in [-0.2, -0.15) is 0 Å². The van der Waals surface area contributed by atoms with E-state index in [1.807, 2.05) is 0 Å². The topological polar surface area (TPSA) is 89.4 Å². The third-order valence-corrected chi connectivity index (χ3v) is 2.28. The van der Waals surface area contributed by atoms with Crippen molar-refractivity contribution in [2.24, 2.45) is 17.4 Å². The van der Waals surface area contributed by atoms with E-state index in [4.69, 9.17) is 11.5 Å². The van der Waals surface area contributed by atoms with E-state index in [9.17, 15) is 9.59 Å². The highest BCUT2D eigenvalue weighted by Gasteiger charge is 2.25. The van der Waals surface area contributed by atoms with Crippen LogP contribution in [-0.2, 0) is 9.59 Å². The van der Waals surface area contributed by atoms with Crippen LogP contribution in [0.1, 0.15) is 12.8 Å². The van der Waals surface area contributed by atoms with Gasteiger partial charge in [-0.1, -0.05) is 0 Å². The zero-order valence-electron chi connectivity index (χ0n) is 7.53. The number of primary amides is 1. The van der Waals surface area contributed by atoms with Crippen LogP contribution in [0, 0.1) is 5.92 Å². The average Bonchev–Trinajstić information content (AvgIpc) is 2.08. The Labute approximate surface area is 77.1 Å². The molecular formula is C8H15N3O2. The Hall–Kier alpha value is -1.10. The smallest absolute Gasteiger partial charge is 0.237 e. The van der Waals surface area contributed by atoms with Crippen LogP contribution in [0.3, 0.4) is 0 Å². The van der Waals surface area contributed by atoms with Gasteiger partial charge in [0, 0.05) is 13.0 Å². The second-order valence-corrected chi connectivity index (χ2v) is 3.38. The van der Waals surface area contributed by atoms with E-state index < -0.39 is 5.91 Å². The van der Waals surface area contributed by atoms with Crippen molar-refractivity contribution in [1.29, 1.82) is 0 Å². The quantitative estimate of drug-likeness (QED) is 0.570. The molecule has 1 rings (SSSR count). The molecule has 74 valence electrons. The summed E-state index contributed by atoms with van der Waals surface area (Å²) in [6.45, 7) is 1.15. The van der Waals surface area contributed by atoms with Gasteiger partial charge in [-0.25, -0.2) is 0 Å². The molecule has 1 aliphatic heterocycles. The third kappa shape index (κ3) is 2.69. The van der Waals surface area contributed by atoms with Gasteiger partial charge in [0.05, 0.1) is 6.54 Å². The number of carbonyl (C=O) groups is 2. The summed E-state index contributed by atoms with van der Waals surface area (Å²) in [6, 6.07) is 0. The molecule has 0 aliphatic carbocycles. The number of rotatable bonds is 3. The van der Waals surface area contributed by atoms with Crippen molar-refractivity contribution in [3.63, 3.8) is 0 Å². The number of likely N-dealkylation sites (tertiary alicyclic amines) is 1. The summed E-state index contributed by atoms with van der Waals surface area (Å²) in [4.78, 5) is 23.4. The van der Waals surface area contributed by atoms with Crippen LogP contribution in [0.2, 0.25) is 0 Å². The molecule has 4 N–H and O–H groups in total. The lowest BCUT2D eigenvalue weighted by Crippen LogP contribution is -2.45. The van der Waals surface area contributed by atoms with Gasteiger partial charge >= 0.3 is 0 Å². The number of carbonyl (C=O) groups excluding carboxylic acids is 2. The molecular weight excluding hydrogens is 170 g/mol. The van der Waals surface area contributed by atoms with Gasteiger partial charge in [0.2, 0.25) is 11.8 Å². The predicted molar refractivity (Wildman–Crippen MR) is 47.6 cm³/mol. The molecule has 0 spiro atoms. The average molecular weight is 185 g/mol. The van der Waals surface area contributed by atoms with E-state index in [0.717, 1.165) is 6.42 Å². The normalized spacial score (nSPS) is 23.3. The maximum Gasteiger partial charge on any atom is 0.237 e. The van der Waals surface area contributed by atoms with Crippen molar-refractivity contribution in [1.82, 2.24) is 4.90 Å². The highest BCUT2D eigenvalue weighted by molar-refractivity contribution is 5.84. The molecule has 0 bridgehead atoms. The van der Waals surface area contributed by atoms with E-state index in [1.165, 1.54) is 4.90 Å². The molecule has 1 aliphatic rings. The first-order valence-corrected chi connectivity index (χ1v) is 4.39. The summed E-state index contributed by atoms with van der Waals surface area (Å²) < 4.78 is 0. The summed E-state index contributed by atoms with van der Waals surface area (Å²) in [5.41, 5.74) is 10.5. The Morgan fingerprint density at radius 3 is 2.85 bits per heavy atom. The van der Waals surface area contributed by atoms with Crippen LogP contribution in [0.5, 0.6) is 0 Å². The Morgan fingerprint density at radius 2 is 2.31 bits per heavy atom. The first-order chi connectivity index (χ1) is 6.13. The fraction of sp³-hybridized carbons (Fsp3) is 0.750. The molecule has 1 saturated heterocycles. The Balaban J connectivity index is 2.49. The highest BCUT2D eigenvalue weighted by Crippen LogP contribution is 2.15. The monoisotopic (exact) mass is 185 g/mol. The van der Waals surface area contributed by atoms with Gasteiger partial charge in [-0.15, -0.1) is 0 Å². The SMILES string of the molecule is NCC1CCC(=O)N(CC(N)=O)C1. The predicted octanol–water partition coefficient (Wildman–Crippen LogP) is -1.33. The van der Waals surface area contributed by atoms with Crippen molar-refractivity contribution >= 4 is 11.8 Å². The summed E-state index contributed by atoms with van der Waals surface area (Å²) >= 11 is 0. The Bertz CT molecular complexity index is 217. The van der Waals surface area contributed by atoms with E-state index in [0.29, 0.717) is 25.4 Å². The number of nitrogens with two attached hydrogens (primary N) is 2.